The topological polar surface area (TPSA) is 110 Å². The van der Waals surface area contributed by atoms with Gasteiger partial charge in [-0.3, -0.25) is 4.79 Å². The monoisotopic (exact) mass is 639 g/mol. The molecule has 2 aliphatic rings. The Balaban J connectivity index is 1.21. The summed E-state index contributed by atoms with van der Waals surface area (Å²) >= 11 is 0. The summed E-state index contributed by atoms with van der Waals surface area (Å²) in [5.41, 5.74) is 4.74. The van der Waals surface area contributed by atoms with Crippen LogP contribution in [-0.4, -0.2) is 64.5 Å². The van der Waals surface area contributed by atoms with Crippen molar-refractivity contribution in [1.29, 1.82) is 0 Å². The van der Waals surface area contributed by atoms with Gasteiger partial charge in [-0.1, -0.05) is 115 Å². The number of nitrogens with zero attached hydrogens (tertiary/aromatic N) is 2. The van der Waals surface area contributed by atoms with E-state index in [0.29, 0.717) is 25.8 Å². The maximum atomic E-state index is 14.0. The number of β-amino-alcohol motifs (C(OH)–C–C–N with tert-alkyl or cyclic N) is 1. The van der Waals surface area contributed by atoms with Crippen molar-refractivity contribution in [3.63, 3.8) is 0 Å². The number of aliphatic hydroxyl groups excluding tert-OH is 2. The molecule has 8 nitrogen and oxygen atoms in total. The van der Waals surface area contributed by atoms with E-state index in [1.807, 2.05) is 115 Å². The van der Waals surface area contributed by atoms with Crippen molar-refractivity contribution in [2.75, 3.05) is 13.1 Å². The molecule has 0 saturated carbocycles. The van der Waals surface area contributed by atoms with Crippen molar-refractivity contribution in [3.8, 4) is 0 Å². The number of benzene rings is 4. The van der Waals surface area contributed by atoms with Crippen LogP contribution in [0.1, 0.15) is 40.3 Å². The first kappa shape index (κ1) is 32.1. The Bertz CT molecular complexity index is 1710. The van der Waals surface area contributed by atoms with Crippen molar-refractivity contribution < 1.29 is 23.4 Å². The molecule has 6 rings (SSSR count). The van der Waals surface area contributed by atoms with Crippen LogP contribution in [0.2, 0.25) is 0 Å². The Kier molecular flexibility index (Phi) is 9.96. The number of hydrogen-bond donors (Lipinski definition) is 3. The zero-order chi connectivity index (χ0) is 32.1. The molecule has 1 unspecified atom stereocenters. The fourth-order valence-corrected chi connectivity index (χ4v) is 8.65. The molecule has 1 aliphatic carbocycles. The van der Waals surface area contributed by atoms with Gasteiger partial charge in [0.25, 0.3) is 10.2 Å². The first-order chi connectivity index (χ1) is 22.3. The number of fused-ring (bicyclic) bond motifs is 1. The summed E-state index contributed by atoms with van der Waals surface area (Å²) in [6, 6.07) is 35.6. The van der Waals surface area contributed by atoms with E-state index in [1.165, 1.54) is 8.61 Å². The van der Waals surface area contributed by atoms with Gasteiger partial charge in [0.1, 0.15) is 0 Å². The molecule has 1 heterocycles. The van der Waals surface area contributed by atoms with Crippen molar-refractivity contribution in [2.45, 2.75) is 56.5 Å². The fraction of sp³-hybridized carbons (Fsp3) is 0.324. The third-order valence-electron chi connectivity index (χ3n) is 9.10. The molecule has 1 fully saturated rings. The second kappa shape index (κ2) is 14.3. The molecule has 5 atom stereocenters. The molecule has 0 spiro atoms. The first-order valence-corrected chi connectivity index (χ1v) is 17.3. The highest BCUT2D eigenvalue weighted by Gasteiger charge is 2.45. The minimum atomic E-state index is -3.89. The second-order valence-electron chi connectivity index (χ2n) is 12.4. The van der Waals surface area contributed by atoms with Crippen LogP contribution in [0.5, 0.6) is 0 Å². The molecule has 4 aromatic rings. The molecule has 1 saturated heterocycles. The van der Waals surface area contributed by atoms with Crippen LogP contribution in [0, 0.1) is 5.92 Å². The van der Waals surface area contributed by atoms with Crippen molar-refractivity contribution in [2.24, 2.45) is 5.92 Å². The number of carbonyl (C=O) groups excluding carboxylic acids is 1. The Morgan fingerprint density at radius 3 is 2.09 bits per heavy atom. The molecule has 4 aromatic carbocycles. The lowest BCUT2D eigenvalue weighted by atomic mass is 9.92. The zero-order valence-corrected chi connectivity index (χ0v) is 26.5. The van der Waals surface area contributed by atoms with Gasteiger partial charge in [0.15, 0.2) is 0 Å². The maximum absolute atomic E-state index is 14.0. The van der Waals surface area contributed by atoms with E-state index >= 15 is 0 Å². The lowest BCUT2D eigenvalue weighted by molar-refractivity contribution is -0.127. The fourth-order valence-electron chi connectivity index (χ4n) is 6.80. The van der Waals surface area contributed by atoms with Crippen molar-refractivity contribution >= 4 is 16.1 Å². The molecule has 46 heavy (non-hydrogen) atoms. The third kappa shape index (κ3) is 7.40. The van der Waals surface area contributed by atoms with E-state index in [9.17, 15) is 23.4 Å². The Morgan fingerprint density at radius 1 is 0.826 bits per heavy atom. The molecule has 9 heteroatoms. The van der Waals surface area contributed by atoms with Gasteiger partial charge >= 0.3 is 0 Å². The summed E-state index contributed by atoms with van der Waals surface area (Å²) in [5.74, 6) is -0.921. The average molecular weight is 640 g/mol. The van der Waals surface area contributed by atoms with Gasteiger partial charge in [0.2, 0.25) is 5.91 Å². The van der Waals surface area contributed by atoms with Crippen LogP contribution in [-0.2, 0) is 40.8 Å². The minimum Gasteiger partial charge on any atom is -0.392 e. The molecule has 3 N–H and O–H groups in total. The summed E-state index contributed by atoms with van der Waals surface area (Å²) < 4.78 is 30.8. The van der Waals surface area contributed by atoms with Gasteiger partial charge in [0, 0.05) is 38.0 Å². The summed E-state index contributed by atoms with van der Waals surface area (Å²) in [7, 11) is -3.89. The normalized spacial score (nSPS) is 22.3. The minimum absolute atomic E-state index is 0.0634. The molecule has 1 amide bonds. The van der Waals surface area contributed by atoms with Gasteiger partial charge in [-0.05, 0) is 47.1 Å². The average Bonchev–Trinajstić information content (AvgIpc) is 3.49. The SMILES string of the molecule is O=C(NC1c2ccccc2C[C@H]1O)[C@@H](Cc1ccccc1)C[C@H](O)CN1[C@@H](Cc2ccccc2)CN(Cc2ccccc2)S1(=O)=O. The predicted octanol–water partition coefficient (Wildman–Crippen LogP) is 4.04. The number of aliphatic hydroxyl groups is 2. The predicted molar refractivity (Wildman–Crippen MR) is 178 cm³/mol. The van der Waals surface area contributed by atoms with Crippen LogP contribution in [0.15, 0.2) is 115 Å². The lowest BCUT2D eigenvalue weighted by Gasteiger charge is -2.28. The van der Waals surface area contributed by atoms with Crippen molar-refractivity contribution in [1.82, 2.24) is 13.9 Å². The van der Waals surface area contributed by atoms with Gasteiger partial charge in [0.05, 0.1) is 18.2 Å². The van der Waals surface area contributed by atoms with Gasteiger partial charge in [-0.15, -0.1) is 0 Å². The van der Waals surface area contributed by atoms with E-state index in [0.717, 1.165) is 27.8 Å². The summed E-state index contributed by atoms with van der Waals surface area (Å²) in [4.78, 5) is 13.8. The maximum Gasteiger partial charge on any atom is 0.282 e. The number of hydrogen-bond acceptors (Lipinski definition) is 5. The van der Waals surface area contributed by atoms with Crippen LogP contribution in [0.4, 0.5) is 0 Å². The number of rotatable bonds is 12. The highest BCUT2D eigenvalue weighted by molar-refractivity contribution is 7.87. The highest BCUT2D eigenvalue weighted by atomic mass is 32.2. The molecule has 1 aliphatic heterocycles. The Labute approximate surface area is 271 Å². The molecular weight excluding hydrogens is 598 g/mol. The molecule has 0 radical (unpaired) electrons. The van der Waals surface area contributed by atoms with Crippen LogP contribution in [0.25, 0.3) is 0 Å². The molecule has 240 valence electrons. The van der Waals surface area contributed by atoms with Crippen LogP contribution < -0.4 is 5.32 Å². The molecule has 0 bridgehead atoms. The van der Waals surface area contributed by atoms with Gasteiger partial charge in [-0.25, -0.2) is 0 Å². The van der Waals surface area contributed by atoms with E-state index in [1.54, 1.807) is 0 Å². The highest BCUT2D eigenvalue weighted by Crippen LogP contribution is 2.32. The van der Waals surface area contributed by atoms with E-state index < -0.39 is 34.4 Å². The zero-order valence-electron chi connectivity index (χ0n) is 25.7. The Morgan fingerprint density at radius 2 is 1.41 bits per heavy atom. The lowest BCUT2D eigenvalue weighted by Crippen LogP contribution is -2.44. The summed E-state index contributed by atoms with van der Waals surface area (Å²) in [5, 5.41) is 25.4. The van der Waals surface area contributed by atoms with Gasteiger partial charge < -0.3 is 15.5 Å². The number of nitrogens with one attached hydrogen (secondary N) is 1. The summed E-state index contributed by atoms with van der Waals surface area (Å²) in [6.45, 7) is 0.412. The van der Waals surface area contributed by atoms with Crippen LogP contribution >= 0.6 is 0 Å². The Hall–Kier alpha value is -3.86. The molecular formula is C37H41N3O5S. The van der Waals surface area contributed by atoms with E-state index in [-0.39, 0.29) is 31.5 Å². The standard InChI is InChI=1S/C37H41N3O5S/c41-33(22-31(20-27-12-4-1-5-13-27)37(43)38-36-34-19-11-10-18-30(34)23-35(36)42)26-40-32(21-28-14-6-2-7-15-28)25-39(46(40,44)45)24-29-16-8-3-9-17-29/h1-19,31-33,35-36,41-42H,20-26H2,(H,38,43)/t31-,32-,33-,35+,36?/m0/s1. The largest absolute Gasteiger partial charge is 0.392 e. The van der Waals surface area contributed by atoms with Crippen molar-refractivity contribution in [3.05, 3.63) is 143 Å². The third-order valence-corrected chi connectivity index (χ3v) is 11.1. The number of carbonyl (C=O) groups is 1. The van der Waals surface area contributed by atoms with E-state index in [2.05, 4.69) is 5.32 Å². The first-order valence-electron chi connectivity index (χ1n) is 15.9. The number of amides is 1. The second-order valence-corrected chi connectivity index (χ2v) is 14.3. The smallest absolute Gasteiger partial charge is 0.282 e. The van der Waals surface area contributed by atoms with E-state index in [4.69, 9.17) is 0 Å². The van der Waals surface area contributed by atoms with Crippen LogP contribution in [0.3, 0.4) is 0 Å². The summed E-state index contributed by atoms with van der Waals surface area (Å²) in [6.07, 6.45) is -0.437. The quantitative estimate of drug-likeness (QED) is 0.217. The molecule has 0 aromatic heterocycles. The van der Waals surface area contributed by atoms with Gasteiger partial charge in [-0.2, -0.15) is 17.0 Å².